The van der Waals surface area contributed by atoms with Gasteiger partial charge in [-0.3, -0.25) is 4.79 Å². The second kappa shape index (κ2) is 10.3. The lowest BCUT2D eigenvalue weighted by Crippen LogP contribution is -2.18. The van der Waals surface area contributed by atoms with Gasteiger partial charge in [0.25, 0.3) is 0 Å². The molecule has 3 heterocycles. The van der Waals surface area contributed by atoms with Gasteiger partial charge in [0.05, 0.1) is 12.5 Å². The zero-order valence-corrected chi connectivity index (χ0v) is 17.0. The topological polar surface area (TPSA) is 108 Å². The van der Waals surface area contributed by atoms with E-state index in [9.17, 15) is 15.0 Å². The van der Waals surface area contributed by atoms with E-state index in [1.54, 1.807) is 12.4 Å². The van der Waals surface area contributed by atoms with E-state index in [-0.39, 0.29) is 12.3 Å². The van der Waals surface area contributed by atoms with Crippen LogP contribution < -0.4 is 5.32 Å². The molecule has 2 aromatic heterocycles. The van der Waals surface area contributed by atoms with Crippen LogP contribution in [0.4, 0.5) is 5.82 Å². The Hall–Kier alpha value is -2.54. The molecule has 1 aliphatic rings. The number of aliphatic carboxylic acids is 1. The maximum absolute atomic E-state index is 11.2. The van der Waals surface area contributed by atoms with Crippen molar-refractivity contribution >= 4 is 11.8 Å². The number of aromatic nitrogens is 3. The highest BCUT2D eigenvalue weighted by Crippen LogP contribution is 2.28. The van der Waals surface area contributed by atoms with Gasteiger partial charge in [-0.2, -0.15) is 0 Å². The Morgan fingerprint density at radius 2 is 1.97 bits per heavy atom. The van der Waals surface area contributed by atoms with Crippen LogP contribution in [0.25, 0.3) is 0 Å². The monoisotopic (exact) mass is 398 g/mol. The first-order valence-electron chi connectivity index (χ1n) is 10.4. The molecule has 2 atom stereocenters. The summed E-state index contributed by atoms with van der Waals surface area (Å²) in [4.78, 5) is 24.2. The third-order valence-electron chi connectivity index (χ3n) is 5.48. The van der Waals surface area contributed by atoms with Crippen LogP contribution in [0.15, 0.2) is 24.5 Å². The number of fused-ring (bicyclic) bond motifs is 1. The maximum Gasteiger partial charge on any atom is 0.303 e. The van der Waals surface area contributed by atoms with Crippen LogP contribution in [0.1, 0.15) is 79.6 Å². The van der Waals surface area contributed by atoms with Gasteiger partial charge in [-0.15, -0.1) is 0 Å². The average Bonchev–Trinajstić information content (AvgIpc) is 2.70. The second-order valence-corrected chi connectivity index (χ2v) is 7.78. The van der Waals surface area contributed by atoms with Crippen molar-refractivity contribution in [1.29, 1.82) is 0 Å². The van der Waals surface area contributed by atoms with Crippen LogP contribution in [0.2, 0.25) is 0 Å². The number of nitrogens with one attached hydrogen (secondary N) is 1. The summed E-state index contributed by atoms with van der Waals surface area (Å²) in [5.74, 6) is 0.696. The molecule has 7 nitrogen and oxygen atoms in total. The maximum atomic E-state index is 11.2. The highest BCUT2D eigenvalue weighted by Gasteiger charge is 2.19. The molecule has 0 aromatic carbocycles. The zero-order valence-electron chi connectivity index (χ0n) is 17.0. The van der Waals surface area contributed by atoms with E-state index < -0.39 is 12.1 Å². The first kappa shape index (κ1) is 21.2. The fraction of sp³-hybridized carbons (Fsp3) is 0.545. The van der Waals surface area contributed by atoms with Crippen molar-refractivity contribution < 1.29 is 15.0 Å². The number of nitrogens with zero attached hydrogens (tertiary/aromatic N) is 3. The Morgan fingerprint density at radius 1 is 1.21 bits per heavy atom. The van der Waals surface area contributed by atoms with Crippen molar-refractivity contribution in [3.8, 4) is 0 Å². The van der Waals surface area contributed by atoms with E-state index in [0.717, 1.165) is 74.1 Å². The number of aryl methyl sites for hydroxylation is 2. The first-order chi connectivity index (χ1) is 14.0. The van der Waals surface area contributed by atoms with Crippen LogP contribution in [0.5, 0.6) is 0 Å². The molecule has 1 unspecified atom stereocenters. The first-order valence-corrected chi connectivity index (χ1v) is 10.4. The van der Waals surface area contributed by atoms with Gasteiger partial charge in [0, 0.05) is 30.2 Å². The summed E-state index contributed by atoms with van der Waals surface area (Å²) in [7, 11) is 0. The van der Waals surface area contributed by atoms with E-state index >= 15 is 0 Å². The zero-order chi connectivity index (χ0) is 20.6. The van der Waals surface area contributed by atoms with Gasteiger partial charge in [0.1, 0.15) is 11.6 Å². The minimum atomic E-state index is -0.784. The molecular weight excluding hydrogens is 368 g/mol. The molecule has 29 heavy (non-hydrogen) atoms. The molecule has 0 radical (unpaired) electrons. The molecule has 0 saturated carbocycles. The molecule has 3 rings (SSSR count). The Kier molecular flexibility index (Phi) is 7.52. The minimum absolute atomic E-state index is 0.0343. The van der Waals surface area contributed by atoms with Gasteiger partial charge in [0.2, 0.25) is 0 Å². The standard InChI is InChI=1S/C22H30N4O3/c1-15-24-13-17(14-25-15)16(12-21(28)29)6-4-2-3-5-7-18-8-9-19-20(27)10-11-23-22(19)26-18/h8-9,13-14,16,20,27H,2-7,10-12H2,1H3,(H,23,26)(H,28,29)/t16-,20?/m0/s1. The normalized spacial score (nSPS) is 16.7. The van der Waals surface area contributed by atoms with E-state index in [1.165, 1.54) is 0 Å². The van der Waals surface area contributed by atoms with Crippen LogP contribution in [0.3, 0.4) is 0 Å². The lowest BCUT2D eigenvalue weighted by Gasteiger charge is -2.22. The van der Waals surface area contributed by atoms with Gasteiger partial charge in [0.15, 0.2) is 0 Å². The number of hydrogen-bond acceptors (Lipinski definition) is 6. The van der Waals surface area contributed by atoms with E-state index in [1.807, 2.05) is 19.1 Å². The molecule has 0 aliphatic carbocycles. The molecule has 2 aromatic rings. The van der Waals surface area contributed by atoms with Gasteiger partial charge >= 0.3 is 5.97 Å². The van der Waals surface area contributed by atoms with Crippen molar-refractivity contribution in [1.82, 2.24) is 15.0 Å². The van der Waals surface area contributed by atoms with Crippen molar-refractivity contribution in [2.24, 2.45) is 0 Å². The van der Waals surface area contributed by atoms with Crippen LogP contribution >= 0.6 is 0 Å². The number of anilines is 1. The summed E-state index contributed by atoms with van der Waals surface area (Å²) < 4.78 is 0. The summed E-state index contributed by atoms with van der Waals surface area (Å²) >= 11 is 0. The van der Waals surface area contributed by atoms with Gasteiger partial charge < -0.3 is 15.5 Å². The molecule has 0 saturated heterocycles. The second-order valence-electron chi connectivity index (χ2n) is 7.78. The number of aliphatic hydroxyl groups excluding tert-OH is 1. The number of carboxylic acids is 1. The van der Waals surface area contributed by atoms with Crippen LogP contribution in [0, 0.1) is 6.92 Å². The average molecular weight is 399 g/mol. The highest BCUT2D eigenvalue weighted by atomic mass is 16.4. The third kappa shape index (κ3) is 6.22. The van der Waals surface area contributed by atoms with Crippen molar-refractivity contribution in [3.05, 3.63) is 47.2 Å². The molecule has 3 N–H and O–H groups in total. The van der Waals surface area contributed by atoms with Crippen molar-refractivity contribution in [2.45, 2.75) is 70.3 Å². The SMILES string of the molecule is Cc1ncc([C@@H](CCCCCCc2ccc3c(n2)NCCC3O)CC(=O)O)cn1. The summed E-state index contributed by atoms with van der Waals surface area (Å²) in [5, 5.41) is 22.5. The van der Waals surface area contributed by atoms with Gasteiger partial charge in [-0.25, -0.2) is 15.0 Å². The molecule has 0 bridgehead atoms. The highest BCUT2D eigenvalue weighted by molar-refractivity contribution is 5.68. The van der Waals surface area contributed by atoms with E-state index in [2.05, 4.69) is 20.3 Å². The lowest BCUT2D eigenvalue weighted by molar-refractivity contribution is -0.137. The van der Waals surface area contributed by atoms with Crippen molar-refractivity contribution in [2.75, 3.05) is 11.9 Å². The largest absolute Gasteiger partial charge is 0.481 e. The summed E-state index contributed by atoms with van der Waals surface area (Å²) in [6.45, 7) is 2.58. The summed E-state index contributed by atoms with van der Waals surface area (Å²) in [6, 6.07) is 3.99. The number of pyridine rings is 1. The smallest absolute Gasteiger partial charge is 0.303 e. The predicted molar refractivity (Wildman–Crippen MR) is 111 cm³/mol. The number of hydrogen-bond donors (Lipinski definition) is 3. The number of aliphatic hydroxyl groups is 1. The Labute approximate surface area is 171 Å². The molecule has 1 aliphatic heterocycles. The molecule has 0 amide bonds. The number of unbranched alkanes of at least 4 members (excludes halogenated alkanes) is 3. The Morgan fingerprint density at radius 3 is 2.72 bits per heavy atom. The lowest BCUT2D eigenvalue weighted by atomic mass is 9.92. The Balaban J connectivity index is 1.41. The quantitative estimate of drug-likeness (QED) is 0.523. The number of rotatable bonds is 10. The van der Waals surface area contributed by atoms with E-state index in [4.69, 9.17) is 0 Å². The molecular formula is C22H30N4O3. The summed E-state index contributed by atoms with van der Waals surface area (Å²) in [6.07, 6.45) is 9.85. The molecule has 0 fully saturated rings. The fourth-order valence-electron chi connectivity index (χ4n) is 3.80. The van der Waals surface area contributed by atoms with Gasteiger partial charge in [-0.1, -0.05) is 25.3 Å². The summed E-state index contributed by atoms with van der Waals surface area (Å²) in [5.41, 5.74) is 2.85. The minimum Gasteiger partial charge on any atom is -0.481 e. The van der Waals surface area contributed by atoms with Gasteiger partial charge in [-0.05, 0) is 50.2 Å². The van der Waals surface area contributed by atoms with Crippen LogP contribution in [-0.4, -0.2) is 37.7 Å². The molecule has 156 valence electrons. The Bertz CT molecular complexity index is 810. The number of carbonyl (C=O) groups is 1. The predicted octanol–water partition coefficient (Wildman–Crippen LogP) is 3.78. The van der Waals surface area contributed by atoms with Crippen molar-refractivity contribution in [3.63, 3.8) is 0 Å². The number of carboxylic acid groups (broad SMARTS) is 1. The third-order valence-corrected chi connectivity index (χ3v) is 5.48. The molecule has 7 heteroatoms. The van der Waals surface area contributed by atoms with Crippen LogP contribution in [-0.2, 0) is 11.2 Å². The molecule has 0 spiro atoms. The fourth-order valence-corrected chi connectivity index (χ4v) is 3.80. The van der Waals surface area contributed by atoms with E-state index in [0.29, 0.717) is 5.82 Å².